The molecule has 0 aliphatic rings. The Bertz CT molecular complexity index is 86.7. The van der Waals surface area contributed by atoms with Gasteiger partial charge in [-0.15, -0.1) is 0 Å². The summed E-state index contributed by atoms with van der Waals surface area (Å²) in [5.74, 6) is 0. The van der Waals surface area contributed by atoms with Crippen molar-refractivity contribution in [3.05, 3.63) is 12.8 Å². The van der Waals surface area contributed by atoms with Crippen LogP contribution in [0.3, 0.4) is 0 Å². The van der Waals surface area contributed by atoms with Gasteiger partial charge in [-0.1, -0.05) is 6.58 Å². The first-order valence-corrected chi connectivity index (χ1v) is 2.35. The van der Waals surface area contributed by atoms with E-state index in [0.29, 0.717) is 0 Å². The molecule has 54 valence electrons. The van der Waals surface area contributed by atoms with Crippen molar-refractivity contribution >= 4 is 0 Å². The fourth-order valence-electron chi connectivity index (χ4n) is 0.258. The lowest BCUT2D eigenvalue weighted by atomic mass is 10.4. The summed E-state index contributed by atoms with van der Waals surface area (Å²) < 4.78 is 38.0. The maximum absolute atomic E-state index is 11.3. The lowest BCUT2D eigenvalue weighted by molar-refractivity contribution is -0.141. The fraction of sp³-hybridized carbons (Fsp3) is 0.600. The molecular weight excluding hydrogens is 133 g/mol. The van der Waals surface area contributed by atoms with Crippen LogP contribution in [-0.4, -0.2) is 12.8 Å². The van der Waals surface area contributed by atoms with Crippen LogP contribution in [0.5, 0.6) is 0 Å². The Labute approximate surface area is 51.1 Å². The van der Waals surface area contributed by atoms with E-state index in [1.54, 1.807) is 0 Å². The zero-order chi connectivity index (χ0) is 7.33. The Morgan fingerprint density at radius 1 is 1.44 bits per heavy atom. The highest BCUT2D eigenvalue weighted by molar-refractivity contribution is 4.52. The van der Waals surface area contributed by atoms with Crippen molar-refractivity contribution in [2.75, 3.05) is 6.61 Å². The van der Waals surface area contributed by atoms with E-state index in [1.165, 1.54) is 0 Å². The van der Waals surface area contributed by atoms with E-state index in [1.807, 2.05) is 0 Å². The van der Waals surface area contributed by atoms with Gasteiger partial charge in [0.15, 0.2) is 0 Å². The molecule has 0 radical (unpaired) electrons. The van der Waals surface area contributed by atoms with Crippen LogP contribution in [0, 0.1) is 0 Å². The summed E-state index contributed by atoms with van der Waals surface area (Å²) in [7, 11) is 0. The van der Waals surface area contributed by atoms with Crippen molar-refractivity contribution in [2.45, 2.75) is 12.6 Å². The molecule has 0 aliphatic carbocycles. The molecule has 0 saturated carbocycles. The molecule has 0 unspecified atom stereocenters. The molecule has 0 fully saturated rings. The maximum Gasteiger partial charge on any atom is 0.392 e. The van der Waals surface area contributed by atoms with E-state index in [2.05, 4.69) is 11.3 Å². The van der Waals surface area contributed by atoms with Crippen LogP contribution < -0.4 is 0 Å². The van der Waals surface area contributed by atoms with Crippen LogP contribution in [0.4, 0.5) is 13.2 Å². The van der Waals surface area contributed by atoms with Crippen LogP contribution in [0.1, 0.15) is 6.42 Å². The van der Waals surface area contributed by atoms with Crippen LogP contribution in [0.15, 0.2) is 12.8 Å². The van der Waals surface area contributed by atoms with Gasteiger partial charge in [-0.2, -0.15) is 13.2 Å². The van der Waals surface area contributed by atoms with Gasteiger partial charge >= 0.3 is 6.18 Å². The molecule has 0 spiro atoms. The molecule has 0 bridgehead atoms. The number of hydrogen-bond donors (Lipinski definition) is 0. The lowest BCUT2D eigenvalue weighted by Gasteiger charge is -2.03. The molecule has 0 atom stereocenters. The number of alkyl halides is 3. The minimum Gasteiger partial charge on any atom is -0.501 e. The van der Waals surface area contributed by atoms with Gasteiger partial charge in [-0.05, 0) is 0 Å². The Hall–Kier alpha value is -0.670. The summed E-state index contributed by atoms with van der Waals surface area (Å²) >= 11 is 0. The fourth-order valence-corrected chi connectivity index (χ4v) is 0.258. The van der Waals surface area contributed by atoms with Crippen molar-refractivity contribution in [1.29, 1.82) is 0 Å². The van der Waals surface area contributed by atoms with Crippen LogP contribution in [0.25, 0.3) is 0 Å². The van der Waals surface area contributed by atoms with Gasteiger partial charge in [0.05, 0.1) is 19.3 Å². The van der Waals surface area contributed by atoms with Gasteiger partial charge in [0.2, 0.25) is 0 Å². The molecule has 0 saturated heterocycles. The van der Waals surface area contributed by atoms with Crippen LogP contribution in [0.2, 0.25) is 0 Å². The third-order valence-corrected chi connectivity index (χ3v) is 0.621. The van der Waals surface area contributed by atoms with Crippen molar-refractivity contribution in [2.24, 2.45) is 0 Å². The van der Waals surface area contributed by atoms with Crippen LogP contribution >= 0.6 is 0 Å². The summed E-state index contributed by atoms with van der Waals surface area (Å²) in [6.45, 7) is 2.75. The molecule has 0 aromatic heterocycles. The predicted molar refractivity (Wildman–Crippen MR) is 26.8 cm³/mol. The van der Waals surface area contributed by atoms with Crippen LogP contribution in [-0.2, 0) is 4.74 Å². The molecular formula is C5H7F3O. The van der Waals surface area contributed by atoms with Crippen molar-refractivity contribution < 1.29 is 17.9 Å². The van der Waals surface area contributed by atoms with Gasteiger partial charge < -0.3 is 4.74 Å². The van der Waals surface area contributed by atoms with E-state index in [4.69, 9.17) is 0 Å². The molecule has 0 rings (SSSR count). The summed E-state index contributed by atoms with van der Waals surface area (Å²) in [5.41, 5.74) is 0. The largest absolute Gasteiger partial charge is 0.501 e. The Morgan fingerprint density at radius 3 is 2.33 bits per heavy atom. The number of rotatable bonds is 3. The zero-order valence-electron chi connectivity index (χ0n) is 4.74. The Morgan fingerprint density at radius 2 is 2.00 bits per heavy atom. The van der Waals surface area contributed by atoms with Gasteiger partial charge in [0.25, 0.3) is 0 Å². The Balaban J connectivity index is 3.17. The van der Waals surface area contributed by atoms with Crippen molar-refractivity contribution in [3.8, 4) is 0 Å². The molecule has 0 amide bonds. The predicted octanol–water partition coefficient (Wildman–Crippen LogP) is 2.10. The molecule has 0 aromatic carbocycles. The normalized spacial score (nSPS) is 11.0. The second-order valence-corrected chi connectivity index (χ2v) is 1.40. The molecule has 0 aromatic rings. The molecule has 0 heterocycles. The zero-order valence-corrected chi connectivity index (χ0v) is 4.74. The first kappa shape index (κ1) is 8.33. The number of halogens is 3. The van der Waals surface area contributed by atoms with Crippen molar-refractivity contribution in [1.82, 2.24) is 0 Å². The molecule has 4 heteroatoms. The standard InChI is InChI=1S/C5H7F3O/c1-2-9-4-3-5(6,7)8/h2H,1,3-4H2. The Kier molecular flexibility index (Phi) is 3.12. The highest BCUT2D eigenvalue weighted by Gasteiger charge is 2.26. The molecule has 9 heavy (non-hydrogen) atoms. The summed E-state index contributed by atoms with van der Waals surface area (Å²) in [5, 5.41) is 0. The van der Waals surface area contributed by atoms with E-state index >= 15 is 0 Å². The SMILES string of the molecule is C=COCCC(F)(F)F. The van der Waals surface area contributed by atoms with E-state index in [9.17, 15) is 13.2 Å². The first-order chi connectivity index (χ1) is 4.06. The summed E-state index contributed by atoms with van der Waals surface area (Å²) in [6.07, 6.45) is -4.05. The van der Waals surface area contributed by atoms with E-state index in [0.717, 1.165) is 6.26 Å². The average molecular weight is 140 g/mol. The minimum absolute atomic E-state index is 0.340. The topological polar surface area (TPSA) is 9.23 Å². The average Bonchev–Trinajstić information content (AvgIpc) is 1.63. The van der Waals surface area contributed by atoms with Gasteiger partial charge in [0, 0.05) is 0 Å². The molecule has 1 nitrogen and oxygen atoms in total. The van der Waals surface area contributed by atoms with Gasteiger partial charge in [-0.3, -0.25) is 0 Å². The highest BCUT2D eigenvalue weighted by atomic mass is 19.4. The summed E-state index contributed by atoms with van der Waals surface area (Å²) in [6, 6.07) is 0. The highest BCUT2D eigenvalue weighted by Crippen LogP contribution is 2.18. The second-order valence-electron chi connectivity index (χ2n) is 1.40. The lowest BCUT2D eigenvalue weighted by Crippen LogP contribution is -2.09. The van der Waals surface area contributed by atoms with Gasteiger partial charge in [-0.25, -0.2) is 0 Å². The smallest absolute Gasteiger partial charge is 0.392 e. The first-order valence-electron chi connectivity index (χ1n) is 2.35. The van der Waals surface area contributed by atoms with E-state index < -0.39 is 12.6 Å². The number of hydrogen-bond acceptors (Lipinski definition) is 1. The number of ether oxygens (including phenoxy) is 1. The molecule has 0 aliphatic heterocycles. The van der Waals surface area contributed by atoms with Crippen molar-refractivity contribution in [3.63, 3.8) is 0 Å². The molecule has 0 N–H and O–H groups in total. The third kappa shape index (κ3) is 7.33. The van der Waals surface area contributed by atoms with E-state index in [-0.39, 0.29) is 6.61 Å². The maximum atomic E-state index is 11.3. The minimum atomic E-state index is -4.12. The monoisotopic (exact) mass is 140 g/mol. The third-order valence-electron chi connectivity index (χ3n) is 0.621. The summed E-state index contributed by atoms with van der Waals surface area (Å²) in [4.78, 5) is 0. The van der Waals surface area contributed by atoms with Gasteiger partial charge in [0.1, 0.15) is 0 Å². The quantitative estimate of drug-likeness (QED) is 0.431. The second kappa shape index (κ2) is 3.37.